The van der Waals surface area contributed by atoms with E-state index in [0.717, 1.165) is 15.5 Å². The van der Waals surface area contributed by atoms with Gasteiger partial charge in [-0.25, -0.2) is 4.39 Å². The number of hydrogen-bond donors (Lipinski definition) is 1. The summed E-state index contributed by atoms with van der Waals surface area (Å²) >= 11 is 16.1. The van der Waals surface area contributed by atoms with Crippen LogP contribution in [0.5, 0.6) is 0 Å². The Bertz CT molecular complexity index is 1340. The molecular weight excluding hydrogens is 514 g/mol. The number of anilines is 1. The van der Waals surface area contributed by atoms with E-state index in [-0.39, 0.29) is 29.1 Å². The summed E-state index contributed by atoms with van der Waals surface area (Å²) in [6.45, 7) is -0.0868. The third kappa shape index (κ3) is 3.72. The van der Waals surface area contributed by atoms with Crippen LogP contribution in [0, 0.1) is 23.6 Å². The van der Waals surface area contributed by atoms with Crippen LogP contribution in [0.15, 0.2) is 52.3 Å². The van der Waals surface area contributed by atoms with E-state index in [1.165, 1.54) is 54.9 Å². The lowest BCUT2D eigenvalue weighted by Crippen LogP contribution is -2.35. The number of thiazole rings is 1. The van der Waals surface area contributed by atoms with Crippen molar-refractivity contribution < 1.29 is 9.18 Å². The predicted octanol–water partition coefficient (Wildman–Crippen LogP) is 6.65. The number of halogens is 3. The fourth-order valence-electron chi connectivity index (χ4n) is 6.07. The zero-order chi connectivity index (χ0) is 23.6. The van der Waals surface area contributed by atoms with Crippen LogP contribution >= 0.6 is 46.3 Å². The van der Waals surface area contributed by atoms with Gasteiger partial charge in [0.15, 0.2) is 0 Å². The Morgan fingerprint density at radius 1 is 1.12 bits per heavy atom. The first-order valence-electron chi connectivity index (χ1n) is 11.3. The Balaban J connectivity index is 1.39. The second kappa shape index (κ2) is 8.70. The largest absolute Gasteiger partial charge is 0.325 e. The summed E-state index contributed by atoms with van der Waals surface area (Å²) in [6, 6.07) is 11.3. The average Bonchev–Trinajstić information content (AvgIpc) is 3.51. The van der Waals surface area contributed by atoms with Gasteiger partial charge in [0.2, 0.25) is 5.91 Å². The number of fused-ring (bicyclic) bond motifs is 6. The second-order valence-electron chi connectivity index (χ2n) is 9.29. The standard InChI is InChI=1S/C25H21Cl2FN2O2S2/c26-17-3-1-2-16(21(17)27)20-19-12-4-5-13(10-12)22(19)33-24-23(20)34-25(32)30(24)11-18(31)29-15-8-6-14(28)7-9-15/h1-3,6-9,12-13,19-20,22H,4-5,10-11H2,(H,29,31)/t12?,13?,19?,20-,22?/m0/s1. The smallest absolute Gasteiger partial charge is 0.308 e. The van der Waals surface area contributed by atoms with Gasteiger partial charge in [0.1, 0.15) is 12.4 Å². The van der Waals surface area contributed by atoms with Gasteiger partial charge < -0.3 is 5.32 Å². The van der Waals surface area contributed by atoms with Crippen LogP contribution < -0.4 is 10.2 Å². The van der Waals surface area contributed by atoms with Crippen molar-refractivity contribution >= 4 is 57.9 Å². The minimum absolute atomic E-state index is 0.00172. The molecule has 0 saturated heterocycles. The lowest BCUT2D eigenvalue weighted by atomic mass is 9.75. The van der Waals surface area contributed by atoms with Crippen LogP contribution in [0.4, 0.5) is 10.1 Å². The molecule has 34 heavy (non-hydrogen) atoms. The number of aromatic nitrogens is 1. The second-order valence-corrected chi connectivity index (χ2v) is 12.2. The zero-order valence-electron chi connectivity index (χ0n) is 18.0. The molecule has 1 N–H and O–H groups in total. The first-order valence-corrected chi connectivity index (χ1v) is 13.8. The quantitative estimate of drug-likeness (QED) is 0.407. The Kier molecular flexibility index (Phi) is 5.79. The Labute approximate surface area is 214 Å². The molecule has 2 aliphatic carbocycles. The molecule has 3 aromatic rings. The van der Waals surface area contributed by atoms with Gasteiger partial charge in [-0.3, -0.25) is 14.2 Å². The number of carbonyl (C=O) groups excluding carboxylic acids is 1. The van der Waals surface area contributed by atoms with Crippen LogP contribution in [0.3, 0.4) is 0 Å². The van der Waals surface area contributed by atoms with Gasteiger partial charge in [-0.05, 0) is 72.9 Å². The van der Waals surface area contributed by atoms with E-state index in [2.05, 4.69) is 5.32 Å². The maximum absolute atomic E-state index is 13.2. The average molecular weight is 535 g/mol. The molecule has 0 spiro atoms. The molecule has 0 radical (unpaired) electrons. The van der Waals surface area contributed by atoms with E-state index >= 15 is 0 Å². The number of benzene rings is 2. The summed E-state index contributed by atoms with van der Waals surface area (Å²) in [5.74, 6) is 0.952. The number of amides is 1. The van der Waals surface area contributed by atoms with Gasteiger partial charge in [-0.1, -0.05) is 46.7 Å². The Hall–Kier alpha value is -1.80. The molecule has 6 rings (SSSR count). The summed E-state index contributed by atoms with van der Waals surface area (Å²) in [5, 5.41) is 5.10. The summed E-state index contributed by atoms with van der Waals surface area (Å²) < 4.78 is 14.8. The summed E-state index contributed by atoms with van der Waals surface area (Å²) in [6.07, 6.45) is 3.64. The normalized spacial score (nSPS) is 26.9. The maximum Gasteiger partial charge on any atom is 0.308 e. The molecule has 2 saturated carbocycles. The van der Waals surface area contributed by atoms with E-state index in [0.29, 0.717) is 38.7 Å². The lowest BCUT2D eigenvalue weighted by Gasteiger charge is -2.40. The highest BCUT2D eigenvalue weighted by Crippen LogP contribution is 2.64. The monoisotopic (exact) mass is 534 g/mol. The number of carbonyl (C=O) groups is 1. The summed E-state index contributed by atoms with van der Waals surface area (Å²) in [4.78, 5) is 26.8. The van der Waals surface area contributed by atoms with Crippen molar-refractivity contribution in [2.24, 2.45) is 17.8 Å². The van der Waals surface area contributed by atoms with Crippen molar-refractivity contribution in [2.75, 3.05) is 5.32 Å². The predicted molar refractivity (Wildman–Crippen MR) is 136 cm³/mol. The van der Waals surface area contributed by atoms with Gasteiger partial charge in [0.25, 0.3) is 0 Å². The molecule has 5 atom stereocenters. The molecule has 1 aromatic heterocycles. The van der Waals surface area contributed by atoms with Gasteiger partial charge in [-0.15, -0.1) is 11.8 Å². The van der Waals surface area contributed by atoms with Gasteiger partial charge in [0.05, 0.1) is 15.1 Å². The van der Waals surface area contributed by atoms with E-state index in [4.69, 9.17) is 23.2 Å². The van der Waals surface area contributed by atoms with Crippen LogP contribution in [0.25, 0.3) is 0 Å². The molecule has 4 unspecified atom stereocenters. The lowest BCUT2D eigenvalue weighted by molar-refractivity contribution is -0.116. The van der Waals surface area contributed by atoms with Crippen molar-refractivity contribution in [1.29, 1.82) is 0 Å². The van der Waals surface area contributed by atoms with Crippen molar-refractivity contribution in [3.8, 4) is 0 Å². The zero-order valence-corrected chi connectivity index (χ0v) is 21.1. The highest BCUT2D eigenvalue weighted by molar-refractivity contribution is 8.00. The highest BCUT2D eigenvalue weighted by atomic mass is 35.5. The number of hydrogen-bond acceptors (Lipinski definition) is 4. The molecule has 2 bridgehead atoms. The molecule has 1 aliphatic heterocycles. The van der Waals surface area contributed by atoms with Gasteiger partial charge >= 0.3 is 4.87 Å². The number of thioether (sulfide) groups is 1. The molecule has 2 aromatic carbocycles. The SMILES string of the molecule is O=C(Cn1c2c(sc1=O)[C@@H](c1cccc(Cl)c1Cl)C1C3CCC(C3)C1S2)Nc1ccc(F)cc1. The molecule has 2 heterocycles. The first kappa shape index (κ1) is 22.7. The number of nitrogens with zero attached hydrogens (tertiary/aromatic N) is 1. The number of rotatable bonds is 4. The third-order valence-corrected chi connectivity index (χ3v) is 11.1. The first-order chi connectivity index (χ1) is 16.4. The molecule has 9 heteroatoms. The summed E-state index contributed by atoms with van der Waals surface area (Å²) in [5.41, 5.74) is 1.47. The van der Waals surface area contributed by atoms with E-state index in [1.807, 2.05) is 12.1 Å². The maximum atomic E-state index is 13.2. The minimum Gasteiger partial charge on any atom is -0.325 e. The minimum atomic E-state index is -0.372. The highest BCUT2D eigenvalue weighted by Gasteiger charge is 2.55. The fraction of sp³-hybridized carbons (Fsp3) is 0.360. The molecule has 176 valence electrons. The topological polar surface area (TPSA) is 51.1 Å². The Morgan fingerprint density at radius 3 is 2.68 bits per heavy atom. The van der Waals surface area contributed by atoms with Crippen molar-refractivity contribution in [1.82, 2.24) is 4.57 Å². The van der Waals surface area contributed by atoms with Crippen molar-refractivity contribution in [3.05, 3.63) is 78.4 Å². The van der Waals surface area contributed by atoms with Crippen LogP contribution in [-0.2, 0) is 11.3 Å². The molecule has 1 amide bonds. The fourth-order valence-corrected chi connectivity index (χ4v) is 9.64. The number of nitrogens with one attached hydrogen (secondary N) is 1. The van der Waals surface area contributed by atoms with E-state index in [9.17, 15) is 14.0 Å². The van der Waals surface area contributed by atoms with Crippen molar-refractivity contribution in [2.45, 2.75) is 42.0 Å². The summed E-state index contributed by atoms with van der Waals surface area (Å²) in [7, 11) is 0. The van der Waals surface area contributed by atoms with E-state index in [1.54, 1.807) is 22.4 Å². The molecular formula is C25H21Cl2FN2O2S2. The van der Waals surface area contributed by atoms with Gasteiger partial charge in [0, 0.05) is 21.7 Å². The molecule has 4 nitrogen and oxygen atoms in total. The van der Waals surface area contributed by atoms with Crippen LogP contribution in [-0.4, -0.2) is 15.7 Å². The molecule has 2 fully saturated rings. The Morgan fingerprint density at radius 2 is 1.88 bits per heavy atom. The van der Waals surface area contributed by atoms with E-state index < -0.39 is 0 Å². The van der Waals surface area contributed by atoms with Gasteiger partial charge in [-0.2, -0.15) is 0 Å². The van der Waals surface area contributed by atoms with Crippen LogP contribution in [0.2, 0.25) is 10.0 Å². The third-order valence-electron chi connectivity index (χ3n) is 7.44. The molecule has 3 aliphatic rings. The van der Waals surface area contributed by atoms with Crippen LogP contribution in [0.1, 0.15) is 35.6 Å². The van der Waals surface area contributed by atoms with Crippen molar-refractivity contribution in [3.63, 3.8) is 0 Å².